The molecule has 0 aliphatic carbocycles. The maximum atomic E-state index is 12.4. The third-order valence-electron chi connectivity index (χ3n) is 5.09. The van der Waals surface area contributed by atoms with Gasteiger partial charge in [-0.2, -0.15) is 0 Å². The van der Waals surface area contributed by atoms with Gasteiger partial charge in [-0.3, -0.25) is 14.3 Å². The molecule has 2 heterocycles. The van der Waals surface area contributed by atoms with Crippen molar-refractivity contribution in [1.29, 1.82) is 0 Å². The zero-order valence-corrected chi connectivity index (χ0v) is 17.2. The molecule has 0 aliphatic rings. The average Bonchev–Trinajstić information content (AvgIpc) is 3.07. The summed E-state index contributed by atoms with van der Waals surface area (Å²) in [6.45, 7) is 8.64. The first kappa shape index (κ1) is 20.6. The van der Waals surface area contributed by atoms with E-state index < -0.39 is 17.2 Å². The van der Waals surface area contributed by atoms with Crippen molar-refractivity contribution in [1.82, 2.24) is 19.1 Å². The number of H-pyrrole nitrogens is 1. The fourth-order valence-electron chi connectivity index (χ4n) is 3.27. The van der Waals surface area contributed by atoms with Crippen molar-refractivity contribution < 1.29 is 9.53 Å². The summed E-state index contributed by atoms with van der Waals surface area (Å²) in [5.74, 6) is -0.0267. The number of rotatable bonds is 7. The Morgan fingerprint density at radius 1 is 1.14 bits per heavy atom. The molecule has 1 N–H and O–H groups in total. The zero-order valence-electron chi connectivity index (χ0n) is 17.2. The summed E-state index contributed by atoms with van der Waals surface area (Å²) in [4.78, 5) is 44.0. The fraction of sp³-hybridized carbons (Fsp3) is 0.429. The number of fused-ring (bicyclic) bond motifs is 1. The number of aromatic amines is 1. The molecular formula is C21H26N4O4. The Bertz CT molecular complexity index is 1170. The number of esters is 1. The van der Waals surface area contributed by atoms with E-state index in [0.29, 0.717) is 35.6 Å². The third kappa shape index (κ3) is 4.01. The average molecular weight is 398 g/mol. The molecule has 3 rings (SSSR count). The molecule has 154 valence electrons. The molecule has 0 bridgehead atoms. The van der Waals surface area contributed by atoms with E-state index in [1.165, 1.54) is 4.57 Å². The molecule has 0 saturated carbocycles. The van der Waals surface area contributed by atoms with E-state index in [9.17, 15) is 14.4 Å². The highest BCUT2D eigenvalue weighted by Crippen LogP contribution is 2.15. The van der Waals surface area contributed by atoms with Crippen LogP contribution in [0.4, 0.5) is 0 Å². The molecule has 0 atom stereocenters. The summed E-state index contributed by atoms with van der Waals surface area (Å²) >= 11 is 0. The number of imidazole rings is 1. The van der Waals surface area contributed by atoms with Crippen LogP contribution in [-0.4, -0.2) is 25.1 Å². The number of aromatic nitrogens is 4. The summed E-state index contributed by atoms with van der Waals surface area (Å²) in [5, 5.41) is 0. The second-order valence-electron chi connectivity index (χ2n) is 7.08. The standard InChI is InChI=1S/C21H26N4O4/c1-5-7-10-25-18-17(19(26)23-21(25)28)24(6-2)16(22-18)12-29-20(27)15-9-8-13(3)14(4)11-15/h8-9,11H,5-7,10,12H2,1-4H3,(H,23,26,28). The van der Waals surface area contributed by atoms with Gasteiger partial charge in [0.05, 0.1) is 5.56 Å². The van der Waals surface area contributed by atoms with Gasteiger partial charge in [-0.25, -0.2) is 14.6 Å². The van der Waals surface area contributed by atoms with Crippen molar-refractivity contribution in [3.05, 3.63) is 61.6 Å². The summed E-state index contributed by atoms with van der Waals surface area (Å²) in [6, 6.07) is 5.38. The van der Waals surface area contributed by atoms with Crippen LogP contribution < -0.4 is 11.2 Å². The van der Waals surface area contributed by atoms with Gasteiger partial charge >= 0.3 is 11.7 Å². The number of ether oxygens (including phenoxy) is 1. The Hall–Kier alpha value is -3.16. The van der Waals surface area contributed by atoms with Gasteiger partial charge in [-0.1, -0.05) is 19.4 Å². The Morgan fingerprint density at radius 3 is 2.55 bits per heavy atom. The highest BCUT2D eigenvalue weighted by atomic mass is 16.5. The normalized spacial score (nSPS) is 11.2. The van der Waals surface area contributed by atoms with Gasteiger partial charge in [0.2, 0.25) is 0 Å². The minimum Gasteiger partial charge on any atom is -0.454 e. The molecule has 0 amide bonds. The van der Waals surface area contributed by atoms with Crippen molar-refractivity contribution in [2.75, 3.05) is 0 Å². The van der Waals surface area contributed by atoms with E-state index in [1.807, 2.05) is 33.8 Å². The predicted molar refractivity (Wildman–Crippen MR) is 110 cm³/mol. The molecule has 0 saturated heterocycles. The number of nitrogens with one attached hydrogen (secondary N) is 1. The van der Waals surface area contributed by atoms with E-state index in [-0.39, 0.29) is 6.61 Å². The molecule has 3 aromatic rings. The monoisotopic (exact) mass is 398 g/mol. The zero-order chi connectivity index (χ0) is 21.1. The highest BCUT2D eigenvalue weighted by molar-refractivity contribution is 5.89. The fourth-order valence-corrected chi connectivity index (χ4v) is 3.27. The summed E-state index contributed by atoms with van der Waals surface area (Å²) in [5.41, 5.74) is 2.25. The molecule has 0 radical (unpaired) electrons. The van der Waals surface area contributed by atoms with Crippen molar-refractivity contribution >= 4 is 17.1 Å². The molecule has 0 spiro atoms. The molecule has 1 aromatic carbocycles. The first-order chi connectivity index (χ1) is 13.9. The largest absolute Gasteiger partial charge is 0.454 e. The first-order valence-corrected chi connectivity index (χ1v) is 9.84. The van der Waals surface area contributed by atoms with Crippen molar-refractivity contribution in [3.8, 4) is 0 Å². The van der Waals surface area contributed by atoms with Gasteiger partial charge < -0.3 is 9.30 Å². The smallest absolute Gasteiger partial charge is 0.338 e. The third-order valence-corrected chi connectivity index (χ3v) is 5.09. The minimum atomic E-state index is -0.487. The second kappa shape index (κ2) is 8.46. The molecule has 8 nitrogen and oxygen atoms in total. The van der Waals surface area contributed by atoms with E-state index in [2.05, 4.69) is 9.97 Å². The van der Waals surface area contributed by atoms with Gasteiger partial charge in [0.15, 0.2) is 11.2 Å². The van der Waals surface area contributed by atoms with Crippen LogP contribution in [0.2, 0.25) is 0 Å². The molecular weight excluding hydrogens is 372 g/mol. The number of carbonyl (C=O) groups excluding carboxylic acids is 1. The Labute approximate surface area is 168 Å². The van der Waals surface area contributed by atoms with Crippen LogP contribution in [0.25, 0.3) is 11.2 Å². The first-order valence-electron chi connectivity index (χ1n) is 9.84. The number of nitrogens with zero attached hydrogens (tertiary/aromatic N) is 3. The van der Waals surface area contributed by atoms with E-state index in [0.717, 1.165) is 24.0 Å². The van der Waals surface area contributed by atoms with E-state index in [4.69, 9.17) is 4.74 Å². The number of aryl methyl sites for hydroxylation is 4. The quantitative estimate of drug-likeness (QED) is 0.617. The topological polar surface area (TPSA) is 99.0 Å². The van der Waals surface area contributed by atoms with Crippen LogP contribution in [0, 0.1) is 13.8 Å². The lowest BCUT2D eigenvalue weighted by molar-refractivity contribution is 0.0458. The van der Waals surface area contributed by atoms with Crippen LogP contribution in [-0.2, 0) is 24.4 Å². The van der Waals surface area contributed by atoms with Gasteiger partial charge in [0.25, 0.3) is 5.56 Å². The molecule has 29 heavy (non-hydrogen) atoms. The number of unbranched alkanes of at least 4 members (excludes halogenated alkanes) is 1. The van der Waals surface area contributed by atoms with Gasteiger partial charge in [0, 0.05) is 13.1 Å². The van der Waals surface area contributed by atoms with Crippen LogP contribution in [0.15, 0.2) is 27.8 Å². The van der Waals surface area contributed by atoms with E-state index in [1.54, 1.807) is 16.7 Å². The molecule has 0 aliphatic heterocycles. The number of carbonyl (C=O) groups is 1. The van der Waals surface area contributed by atoms with Crippen LogP contribution >= 0.6 is 0 Å². The summed E-state index contributed by atoms with van der Waals surface area (Å²) < 4.78 is 8.61. The number of hydrogen-bond acceptors (Lipinski definition) is 5. The van der Waals surface area contributed by atoms with Crippen molar-refractivity contribution in [2.24, 2.45) is 0 Å². The Morgan fingerprint density at radius 2 is 1.90 bits per heavy atom. The second-order valence-corrected chi connectivity index (χ2v) is 7.08. The van der Waals surface area contributed by atoms with Crippen LogP contribution in [0.3, 0.4) is 0 Å². The maximum Gasteiger partial charge on any atom is 0.338 e. The predicted octanol–water partition coefficient (Wildman–Crippen LogP) is 2.68. The lowest BCUT2D eigenvalue weighted by Gasteiger charge is -2.08. The van der Waals surface area contributed by atoms with E-state index >= 15 is 0 Å². The Balaban J connectivity index is 1.95. The summed E-state index contributed by atoms with van der Waals surface area (Å²) in [6.07, 6.45) is 1.69. The SMILES string of the molecule is CCCCn1c(=O)[nH]c(=O)c2c1nc(COC(=O)c1ccc(C)c(C)c1)n2CC. The van der Waals surface area contributed by atoms with Gasteiger partial charge in [-0.15, -0.1) is 0 Å². The van der Waals surface area contributed by atoms with Crippen LogP contribution in [0.1, 0.15) is 54.0 Å². The maximum absolute atomic E-state index is 12.4. The van der Waals surface area contributed by atoms with Crippen molar-refractivity contribution in [3.63, 3.8) is 0 Å². The lowest BCUT2D eigenvalue weighted by Crippen LogP contribution is -2.31. The minimum absolute atomic E-state index is 0.0876. The van der Waals surface area contributed by atoms with Gasteiger partial charge in [0.1, 0.15) is 12.4 Å². The molecule has 8 heteroatoms. The number of benzene rings is 1. The van der Waals surface area contributed by atoms with Crippen LogP contribution in [0.5, 0.6) is 0 Å². The molecule has 2 aromatic heterocycles. The Kier molecular flexibility index (Phi) is 6.00. The number of hydrogen-bond donors (Lipinski definition) is 1. The van der Waals surface area contributed by atoms with Crippen molar-refractivity contribution in [2.45, 2.75) is 60.2 Å². The summed E-state index contributed by atoms with van der Waals surface area (Å²) in [7, 11) is 0. The highest BCUT2D eigenvalue weighted by Gasteiger charge is 2.19. The lowest BCUT2D eigenvalue weighted by atomic mass is 10.1. The molecule has 0 fully saturated rings. The van der Waals surface area contributed by atoms with Gasteiger partial charge in [-0.05, 0) is 50.5 Å². The molecule has 0 unspecified atom stereocenters.